The minimum Gasteiger partial charge on any atom is -0.497 e. The van der Waals surface area contributed by atoms with Crippen molar-refractivity contribution in [3.05, 3.63) is 59.7 Å². The number of esters is 1. The lowest BCUT2D eigenvalue weighted by atomic mass is 9.81. The zero-order valence-corrected chi connectivity index (χ0v) is 20.9. The molecule has 0 spiro atoms. The van der Waals surface area contributed by atoms with Gasteiger partial charge in [-0.2, -0.15) is 0 Å². The van der Waals surface area contributed by atoms with Gasteiger partial charge in [0.05, 0.1) is 30.2 Å². The SMILES string of the molecule is COc1ccc(C(=O)COC(=O)c2cccc(N3C(=O)[C@H]4C[C@@H](Br)[C@@H](Br)C[C@@H]4C3=O)c2)cc1. The first-order valence-corrected chi connectivity index (χ1v) is 12.2. The Morgan fingerprint density at radius 3 is 2.12 bits per heavy atom. The Bertz CT molecular complexity index is 1070. The zero-order valence-electron chi connectivity index (χ0n) is 17.7. The van der Waals surface area contributed by atoms with E-state index in [2.05, 4.69) is 31.9 Å². The van der Waals surface area contributed by atoms with Gasteiger partial charge in [-0.05, 0) is 55.3 Å². The topological polar surface area (TPSA) is 90.0 Å². The molecule has 0 bridgehead atoms. The predicted molar refractivity (Wildman–Crippen MR) is 128 cm³/mol. The minimum absolute atomic E-state index is 0.111. The zero-order chi connectivity index (χ0) is 23.7. The fourth-order valence-corrected chi connectivity index (χ4v) is 5.43. The van der Waals surface area contributed by atoms with Gasteiger partial charge >= 0.3 is 5.97 Å². The van der Waals surface area contributed by atoms with E-state index in [-0.39, 0.29) is 44.7 Å². The Labute approximate surface area is 207 Å². The largest absolute Gasteiger partial charge is 0.497 e. The maximum absolute atomic E-state index is 13.0. The van der Waals surface area contributed by atoms with Crippen LogP contribution in [0.1, 0.15) is 33.6 Å². The number of alkyl halides is 2. The number of anilines is 1. The van der Waals surface area contributed by atoms with Crippen LogP contribution in [-0.4, -0.2) is 46.9 Å². The van der Waals surface area contributed by atoms with Gasteiger partial charge in [-0.15, -0.1) is 0 Å². The number of halogens is 2. The van der Waals surface area contributed by atoms with E-state index in [0.29, 0.717) is 29.8 Å². The second-order valence-corrected chi connectivity index (χ2v) is 10.4. The van der Waals surface area contributed by atoms with Gasteiger partial charge < -0.3 is 9.47 Å². The molecule has 2 amide bonds. The number of carbonyl (C=O) groups is 4. The number of imide groups is 1. The van der Waals surface area contributed by atoms with Crippen LogP contribution in [0.3, 0.4) is 0 Å². The Hall–Kier alpha value is -2.52. The average Bonchev–Trinajstić information content (AvgIpc) is 3.06. The maximum atomic E-state index is 13.0. The summed E-state index contributed by atoms with van der Waals surface area (Å²) >= 11 is 7.15. The third-order valence-corrected chi connectivity index (χ3v) is 8.73. The number of hydrogen-bond donors (Lipinski definition) is 0. The first-order chi connectivity index (χ1) is 15.8. The van der Waals surface area contributed by atoms with E-state index >= 15 is 0 Å². The third-order valence-electron chi connectivity index (χ3n) is 6.00. The first kappa shape index (κ1) is 23.6. The van der Waals surface area contributed by atoms with Gasteiger partial charge in [0.1, 0.15) is 5.75 Å². The van der Waals surface area contributed by atoms with Crippen molar-refractivity contribution in [3.8, 4) is 5.75 Å². The van der Waals surface area contributed by atoms with E-state index in [1.54, 1.807) is 36.4 Å². The van der Waals surface area contributed by atoms with E-state index in [9.17, 15) is 19.2 Å². The van der Waals surface area contributed by atoms with Crippen molar-refractivity contribution in [3.63, 3.8) is 0 Å². The molecule has 4 atom stereocenters. The van der Waals surface area contributed by atoms with Crippen LogP contribution >= 0.6 is 31.9 Å². The summed E-state index contributed by atoms with van der Waals surface area (Å²) in [6.45, 7) is -0.430. The molecule has 33 heavy (non-hydrogen) atoms. The van der Waals surface area contributed by atoms with Gasteiger partial charge in [0, 0.05) is 15.2 Å². The Morgan fingerprint density at radius 1 is 0.939 bits per heavy atom. The number of hydrogen-bond acceptors (Lipinski definition) is 6. The Morgan fingerprint density at radius 2 is 1.55 bits per heavy atom. The second kappa shape index (κ2) is 9.77. The molecule has 1 aliphatic carbocycles. The van der Waals surface area contributed by atoms with Gasteiger partial charge in [-0.25, -0.2) is 4.79 Å². The first-order valence-electron chi connectivity index (χ1n) is 10.4. The van der Waals surface area contributed by atoms with E-state index < -0.39 is 12.6 Å². The van der Waals surface area contributed by atoms with Crippen LogP contribution in [0.5, 0.6) is 5.75 Å². The average molecular weight is 579 g/mol. The number of benzene rings is 2. The van der Waals surface area contributed by atoms with Crippen LogP contribution in [-0.2, 0) is 14.3 Å². The van der Waals surface area contributed by atoms with Crippen LogP contribution in [0.25, 0.3) is 0 Å². The number of carbonyl (C=O) groups excluding carboxylic acids is 4. The molecule has 7 nitrogen and oxygen atoms in total. The monoisotopic (exact) mass is 577 g/mol. The van der Waals surface area contributed by atoms with E-state index in [1.165, 1.54) is 24.1 Å². The molecule has 1 aliphatic heterocycles. The standard InChI is InChI=1S/C24H21Br2NO6/c1-32-16-7-5-13(6-8-16)21(28)12-33-24(31)14-3-2-4-15(9-14)27-22(29)17-10-19(25)20(26)11-18(17)23(27)30/h2-9,17-20H,10-12H2,1H3/t17-,18-,19-,20+/m0/s1. The molecule has 4 rings (SSSR count). The van der Waals surface area contributed by atoms with Gasteiger partial charge in [0.15, 0.2) is 12.4 Å². The normalized spacial score (nSPS) is 24.4. The highest BCUT2D eigenvalue weighted by molar-refractivity contribution is 9.12. The lowest BCUT2D eigenvalue weighted by Crippen LogP contribution is -2.34. The molecule has 0 unspecified atom stereocenters. The van der Waals surface area contributed by atoms with Crippen molar-refractivity contribution in [2.45, 2.75) is 22.5 Å². The summed E-state index contributed by atoms with van der Waals surface area (Å²) in [7, 11) is 1.53. The fourth-order valence-electron chi connectivity index (χ4n) is 4.20. The Balaban J connectivity index is 1.45. The van der Waals surface area contributed by atoms with Crippen LogP contribution in [0, 0.1) is 11.8 Å². The Kier molecular flexibility index (Phi) is 6.99. The molecule has 1 heterocycles. The molecule has 2 aromatic carbocycles. The summed E-state index contributed by atoms with van der Waals surface area (Å²) < 4.78 is 10.2. The lowest BCUT2D eigenvalue weighted by molar-refractivity contribution is -0.122. The molecule has 2 fully saturated rings. The van der Waals surface area contributed by atoms with Gasteiger partial charge in [-0.3, -0.25) is 19.3 Å². The molecule has 2 aliphatic rings. The molecule has 172 valence electrons. The highest BCUT2D eigenvalue weighted by Gasteiger charge is 2.52. The lowest BCUT2D eigenvalue weighted by Gasteiger charge is -2.29. The quantitative estimate of drug-likeness (QED) is 0.221. The summed E-state index contributed by atoms with van der Waals surface area (Å²) in [5.74, 6) is -1.73. The molecule has 2 aromatic rings. The van der Waals surface area contributed by atoms with E-state index in [4.69, 9.17) is 9.47 Å². The van der Waals surface area contributed by atoms with Gasteiger partial charge in [-0.1, -0.05) is 37.9 Å². The van der Waals surface area contributed by atoms with Gasteiger partial charge in [0.25, 0.3) is 0 Å². The summed E-state index contributed by atoms with van der Waals surface area (Å²) in [6.07, 6.45) is 1.13. The van der Waals surface area contributed by atoms with Gasteiger partial charge in [0.2, 0.25) is 11.8 Å². The molecule has 0 aromatic heterocycles. The number of amides is 2. The number of methoxy groups -OCH3 is 1. The molecule has 1 saturated heterocycles. The van der Waals surface area contributed by atoms with Crippen LogP contribution in [0.15, 0.2) is 48.5 Å². The third kappa shape index (κ3) is 4.75. The van der Waals surface area contributed by atoms with Crippen LogP contribution in [0.4, 0.5) is 5.69 Å². The maximum Gasteiger partial charge on any atom is 0.338 e. The predicted octanol–water partition coefficient (Wildman–Crippen LogP) is 4.16. The smallest absolute Gasteiger partial charge is 0.338 e. The van der Waals surface area contributed by atoms with Crippen LogP contribution in [0.2, 0.25) is 0 Å². The van der Waals surface area contributed by atoms with Crippen molar-refractivity contribution in [2.24, 2.45) is 11.8 Å². The molecule has 0 radical (unpaired) electrons. The van der Waals surface area contributed by atoms with E-state index in [1.807, 2.05) is 0 Å². The van der Waals surface area contributed by atoms with Crippen molar-refractivity contribution in [2.75, 3.05) is 18.6 Å². The van der Waals surface area contributed by atoms with Crippen molar-refractivity contribution in [1.29, 1.82) is 0 Å². The molecule has 1 saturated carbocycles. The van der Waals surface area contributed by atoms with Crippen molar-refractivity contribution < 1.29 is 28.7 Å². The summed E-state index contributed by atoms with van der Waals surface area (Å²) in [5, 5.41) is 0. The number of Topliss-reactive ketones (excluding diaryl/α,β-unsaturated/α-hetero) is 1. The van der Waals surface area contributed by atoms with Crippen molar-refractivity contribution >= 4 is 61.1 Å². The molecular weight excluding hydrogens is 558 g/mol. The summed E-state index contributed by atoms with van der Waals surface area (Å²) in [6, 6.07) is 12.6. The highest BCUT2D eigenvalue weighted by atomic mass is 79.9. The molecule has 9 heteroatoms. The fraction of sp³-hybridized carbons (Fsp3) is 0.333. The number of nitrogens with zero attached hydrogens (tertiary/aromatic N) is 1. The molecular formula is C24H21Br2NO6. The minimum atomic E-state index is -0.712. The number of ketones is 1. The highest BCUT2D eigenvalue weighted by Crippen LogP contribution is 2.44. The molecule has 0 N–H and O–H groups in total. The van der Waals surface area contributed by atoms with Crippen LogP contribution < -0.4 is 9.64 Å². The number of rotatable bonds is 6. The summed E-state index contributed by atoms with van der Waals surface area (Å²) in [5.41, 5.74) is 0.873. The number of ether oxygens (including phenoxy) is 2. The van der Waals surface area contributed by atoms with E-state index in [0.717, 1.165) is 0 Å². The number of fused-ring (bicyclic) bond motifs is 1. The second-order valence-electron chi connectivity index (χ2n) is 8.01. The van der Waals surface area contributed by atoms with Crippen molar-refractivity contribution in [1.82, 2.24) is 0 Å². The summed E-state index contributed by atoms with van der Waals surface area (Å²) in [4.78, 5) is 52.3.